The van der Waals surface area contributed by atoms with Gasteiger partial charge in [0, 0.05) is 19.6 Å². The number of fused-ring (bicyclic) bond motifs is 3. The van der Waals surface area contributed by atoms with Gasteiger partial charge in [-0.2, -0.15) is 5.10 Å². The molecule has 19 heavy (non-hydrogen) atoms. The molecule has 3 fully saturated rings. The molecule has 2 bridgehead atoms. The molecule has 0 aromatic carbocycles. The SMILES string of the molecule is CC(C)c1nn(C)c(NC2CN3CCC2CC3)c1N. The van der Waals surface area contributed by atoms with E-state index in [2.05, 4.69) is 29.2 Å². The van der Waals surface area contributed by atoms with Crippen LogP contribution < -0.4 is 11.1 Å². The second kappa shape index (κ2) is 4.71. The summed E-state index contributed by atoms with van der Waals surface area (Å²) in [5.74, 6) is 2.16. The van der Waals surface area contributed by atoms with Crippen molar-refractivity contribution in [3.8, 4) is 0 Å². The maximum atomic E-state index is 6.26. The van der Waals surface area contributed by atoms with Crippen LogP contribution in [-0.4, -0.2) is 40.4 Å². The van der Waals surface area contributed by atoms with Crippen LogP contribution in [0.1, 0.15) is 38.3 Å². The Balaban J connectivity index is 1.80. The number of nitrogens with two attached hydrogens (primary N) is 1. The molecule has 5 heteroatoms. The van der Waals surface area contributed by atoms with Crippen molar-refractivity contribution in [1.29, 1.82) is 0 Å². The van der Waals surface area contributed by atoms with E-state index in [1.54, 1.807) is 0 Å². The molecular weight excluding hydrogens is 238 g/mol. The van der Waals surface area contributed by atoms with Crippen LogP contribution in [-0.2, 0) is 7.05 Å². The van der Waals surface area contributed by atoms with Gasteiger partial charge in [-0.15, -0.1) is 0 Å². The van der Waals surface area contributed by atoms with Gasteiger partial charge in [-0.1, -0.05) is 13.8 Å². The molecule has 3 N–H and O–H groups in total. The highest BCUT2D eigenvalue weighted by molar-refractivity contribution is 5.66. The summed E-state index contributed by atoms with van der Waals surface area (Å²) in [6.07, 6.45) is 2.62. The van der Waals surface area contributed by atoms with E-state index < -0.39 is 0 Å². The summed E-state index contributed by atoms with van der Waals surface area (Å²) in [6, 6.07) is 0.528. The average Bonchev–Trinajstić information content (AvgIpc) is 2.68. The lowest BCUT2D eigenvalue weighted by Crippen LogP contribution is -2.53. The van der Waals surface area contributed by atoms with Gasteiger partial charge in [-0.05, 0) is 37.8 Å². The lowest BCUT2D eigenvalue weighted by Gasteiger charge is -2.45. The first-order chi connectivity index (χ1) is 9.06. The summed E-state index contributed by atoms with van der Waals surface area (Å²) in [5, 5.41) is 8.21. The summed E-state index contributed by atoms with van der Waals surface area (Å²) in [7, 11) is 1.98. The molecule has 1 atom stereocenters. The summed E-state index contributed by atoms with van der Waals surface area (Å²) in [4.78, 5) is 2.55. The summed E-state index contributed by atoms with van der Waals surface area (Å²) in [6.45, 7) is 7.95. The number of hydrogen-bond donors (Lipinski definition) is 2. The molecule has 0 aliphatic carbocycles. The number of nitrogens with one attached hydrogen (secondary N) is 1. The van der Waals surface area contributed by atoms with Gasteiger partial charge in [0.05, 0.1) is 11.4 Å². The predicted molar refractivity (Wildman–Crippen MR) is 78.3 cm³/mol. The van der Waals surface area contributed by atoms with E-state index in [1.807, 2.05) is 11.7 Å². The molecule has 5 nitrogen and oxygen atoms in total. The van der Waals surface area contributed by atoms with Crippen LogP contribution in [0.15, 0.2) is 0 Å². The van der Waals surface area contributed by atoms with Crippen molar-refractivity contribution in [2.45, 2.75) is 38.6 Å². The van der Waals surface area contributed by atoms with Crippen molar-refractivity contribution in [2.24, 2.45) is 13.0 Å². The first-order valence-corrected chi connectivity index (χ1v) is 7.37. The molecule has 1 aromatic heterocycles. The van der Waals surface area contributed by atoms with E-state index in [1.165, 1.54) is 25.9 Å². The minimum atomic E-state index is 0.369. The van der Waals surface area contributed by atoms with Crippen molar-refractivity contribution in [3.63, 3.8) is 0 Å². The van der Waals surface area contributed by atoms with E-state index >= 15 is 0 Å². The van der Waals surface area contributed by atoms with E-state index in [4.69, 9.17) is 5.73 Å². The Labute approximate surface area is 115 Å². The Bertz CT molecular complexity index is 457. The van der Waals surface area contributed by atoms with Crippen LogP contribution in [0.4, 0.5) is 11.5 Å². The zero-order valence-corrected chi connectivity index (χ0v) is 12.2. The third-order valence-electron chi connectivity index (χ3n) is 4.64. The van der Waals surface area contributed by atoms with Gasteiger partial charge >= 0.3 is 0 Å². The van der Waals surface area contributed by atoms with Crippen molar-refractivity contribution in [3.05, 3.63) is 5.69 Å². The Morgan fingerprint density at radius 1 is 1.32 bits per heavy atom. The molecular formula is C14H25N5. The molecule has 3 aliphatic heterocycles. The molecule has 0 spiro atoms. The third-order valence-corrected chi connectivity index (χ3v) is 4.64. The lowest BCUT2D eigenvalue weighted by atomic mass is 9.84. The summed E-state index contributed by atoms with van der Waals surface area (Å²) < 4.78 is 1.91. The molecule has 3 saturated heterocycles. The first kappa shape index (κ1) is 12.8. The second-order valence-corrected chi connectivity index (χ2v) is 6.31. The maximum Gasteiger partial charge on any atom is 0.148 e. The quantitative estimate of drug-likeness (QED) is 0.870. The van der Waals surface area contributed by atoms with E-state index in [0.717, 1.165) is 29.7 Å². The molecule has 0 amide bonds. The summed E-state index contributed by atoms with van der Waals surface area (Å²) >= 11 is 0. The van der Waals surface area contributed by atoms with Gasteiger partial charge < -0.3 is 16.0 Å². The van der Waals surface area contributed by atoms with Gasteiger partial charge in [0.1, 0.15) is 5.82 Å². The largest absolute Gasteiger partial charge is 0.394 e. The van der Waals surface area contributed by atoms with Gasteiger partial charge in [0.15, 0.2) is 0 Å². The fraction of sp³-hybridized carbons (Fsp3) is 0.786. The Hall–Kier alpha value is -1.23. The highest BCUT2D eigenvalue weighted by atomic mass is 15.3. The van der Waals surface area contributed by atoms with Gasteiger partial charge in [0.2, 0.25) is 0 Å². The fourth-order valence-electron chi connectivity index (χ4n) is 3.46. The monoisotopic (exact) mass is 263 g/mol. The van der Waals surface area contributed by atoms with Crippen LogP contribution in [0.2, 0.25) is 0 Å². The molecule has 0 saturated carbocycles. The predicted octanol–water partition coefficient (Wildman–Crippen LogP) is 1.63. The number of nitrogens with zero attached hydrogens (tertiary/aromatic N) is 3. The van der Waals surface area contributed by atoms with Crippen molar-refractivity contribution in [2.75, 3.05) is 30.7 Å². The number of anilines is 2. The second-order valence-electron chi connectivity index (χ2n) is 6.31. The third kappa shape index (κ3) is 2.20. The number of aryl methyl sites for hydroxylation is 1. The van der Waals surface area contributed by atoms with Crippen molar-refractivity contribution < 1.29 is 0 Å². The van der Waals surface area contributed by atoms with Crippen LogP contribution in [0.25, 0.3) is 0 Å². The zero-order chi connectivity index (χ0) is 13.6. The Kier molecular flexibility index (Phi) is 3.17. The van der Waals surface area contributed by atoms with Gasteiger partial charge in [-0.3, -0.25) is 4.68 Å². The molecule has 3 aliphatic rings. The van der Waals surface area contributed by atoms with Crippen LogP contribution >= 0.6 is 0 Å². The van der Waals surface area contributed by atoms with Crippen molar-refractivity contribution >= 4 is 11.5 Å². The Morgan fingerprint density at radius 2 is 2.00 bits per heavy atom. The van der Waals surface area contributed by atoms with Gasteiger partial charge in [0.25, 0.3) is 0 Å². The number of aromatic nitrogens is 2. The topological polar surface area (TPSA) is 59.1 Å². The average molecular weight is 263 g/mol. The fourth-order valence-corrected chi connectivity index (χ4v) is 3.46. The number of hydrogen-bond acceptors (Lipinski definition) is 4. The minimum Gasteiger partial charge on any atom is -0.394 e. The van der Waals surface area contributed by atoms with Gasteiger partial charge in [-0.25, -0.2) is 0 Å². The zero-order valence-electron chi connectivity index (χ0n) is 12.2. The van der Waals surface area contributed by atoms with Crippen LogP contribution in [0.3, 0.4) is 0 Å². The molecule has 4 heterocycles. The molecule has 4 rings (SSSR count). The number of piperidine rings is 3. The normalized spacial score (nSPS) is 30.0. The molecule has 1 unspecified atom stereocenters. The van der Waals surface area contributed by atoms with Crippen LogP contribution in [0, 0.1) is 5.92 Å². The van der Waals surface area contributed by atoms with E-state index in [-0.39, 0.29) is 0 Å². The minimum absolute atomic E-state index is 0.369. The number of nitrogen functional groups attached to an aromatic ring is 1. The van der Waals surface area contributed by atoms with Crippen LogP contribution in [0.5, 0.6) is 0 Å². The molecule has 106 valence electrons. The first-order valence-electron chi connectivity index (χ1n) is 7.37. The maximum absolute atomic E-state index is 6.26. The summed E-state index contributed by atoms with van der Waals surface area (Å²) in [5.41, 5.74) is 8.09. The van der Waals surface area contributed by atoms with E-state index in [9.17, 15) is 0 Å². The van der Waals surface area contributed by atoms with Crippen molar-refractivity contribution in [1.82, 2.24) is 14.7 Å². The molecule has 0 radical (unpaired) electrons. The van der Waals surface area contributed by atoms with E-state index in [0.29, 0.717) is 12.0 Å². The standard InChI is InChI=1S/C14H25N5/c1-9(2)13-12(15)14(18(3)17-13)16-11-8-19-6-4-10(11)5-7-19/h9-11,16H,4-8,15H2,1-3H3. The highest BCUT2D eigenvalue weighted by Gasteiger charge is 2.34. The highest BCUT2D eigenvalue weighted by Crippen LogP contribution is 2.33. The lowest BCUT2D eigenvalue weighted by molar-refractivity contribution is 0.0972. The number of rotatable bonds is 3. The Morgan fingerprint density at radius 3 is 2.47 bits per heavy atom. The molecule has 1 aromatic rings. The smallest absolute Gasteiger partial charge is 0.148 e.